The molecule has 4 aromatic rings. The maximum Gasteiger partial charge on any atom is 0.516 e. The lowest BCUT2D eigenvalue weighted by Crippen LogP contribution is -2.30. The molecule has 1 aromatic heterocycles. The van der Waals surface area contributed by atoms with Gasteiger partial charge in [-0.2, -0.15) is 34.8 Å². The van der Waals surface area contributed by atoms with E-state index in [9.17, 15) is 34.8 Å². The highest BCUT2D eigenvalue weighted by molar-refractivity contribution is 7.93. The quantitative estimate of drug-likeness (QED) is 0.258. The first-order valence-corrected chi connectivity index (χ1v) is 11.9. The Labute approximate surface area is 206 Å². The highest BCUT2D eigenvalue weighted by atomic mass is 32.2. The van der Waals surface area contributed by atoms with Crippen LogP contribution in [0.4, 0.5) is 32.0 Å². The zero-order valence-electron chi connectivity index (χ0n) is 18.6. The van der Waals surface area contributed by atoms with E-state index < -0.39 is 28.3 Å². The number of para-hydroxylation sites is 1. The molecule has 0 aliphatic heterocycles. The third-order valence-corrected chi connectivity index (χ3v) is 6.10. The highest BCUT2D eigenvalue weighted by Crippen LogP contribution is 2.33. The average Bonchev–Trinajstić information content (AvgIpc) is 3.23. The number of H-pyrrole nitrogens is 1. The molecule has 4 rings (SSSR count). The van der Waals surface area contributed by atoms with Gasteiger partial charge < -0.3 is 9.72 Å². The molecule has 6 nitrogen and oxygen atoms in total. The number of hydrogen-bond acceptors (Lipinski definition) is 4. The molecular formula is C24H17F6N3O3S. The molecule has 1 heterocycles. The fourth-order valence-corrected chi connectivity index (χ4v) is 3.90. The van der Waals surface area contributed by atoms with Crippen LogP contribution in [-0.2, 0) is 10.0 Å². The molecule has 194 valence electrons. The van der Waals surface area contributed by atoms with Gasteiger partial charge in [0.25, 0.3) is 0 Å². The van der Waals surface area contributed by atoms with Crippen LogP contribution in [0.3, 0.4) is 0 Å². The number of halogens is 6. The molecule has 0 fully saturated rings. The number of aromatic nitrogens is 2. The number of nitrogens with zero attached hydrogens (tertiary/aromatic N) is 1. The first kappa shape index (κ1) is 26.1. The average molecular weight is 541 g/mol. The number of benzene rings is 3. The van der Waals surface area contributed by atoms with Crippen LogP contribution in [-0.4, -0.2) is 36.7 Å². The summed E-state index contributed by atoms with van der Waals surface area (Å²) in [6, 6.07) is 16.5. The van der Waals surface area contributed by atoms with Gasteiger partial charge in [0.1, 0.15) is 11.6 Å². The van der Waals surface area contributed by atoms with Crippen molar-refractivity contribution in [3.63, 3.8) is 0 Å². The van der Waals surface area contributed by atoms with Crippen LogP contribution in [0.1, 0.15) is 11.4 Å². The highest BCUT2D eigenvalue weighted by Gasteiger charge is 2.46. The zero-order chi connectivity index (χ0) is 26.8. The summed E-state index contributed by atoms with van der Waals surface area (Å²) in [4.78, 5) is 7.45. The van der Waals surface area contributed by atoms with Crippen molar-refractivity contribution in [2.75, 3.05) is 11.3 Å². The van der Waals surface area contributed by atoms with Crippen LogP contribution in [0.25, 0.3) is 34.3 Å². The molecule has 37 heavy (non-hydrogen) atoms. The Morgan fingerprint density at radius 3 is 2.30 bits per heavy atom. The van der Waals surface area contributed by atoms with Gasteiger partial charge in [0, 0.05) is 5.56 Å². The number of aromatic amines is 1. The molecule has 3 aromatic carbocycles. The Morgan fingerprint density at radius 1 is 0.919 bits per heavy atom. The van der Waals surface area contributed by atoms with Crippen molar-refractivity contribution >= 4 is 38.9 Å². The summed E-state index contributed by atoms with van der Waals surface area (Å²) in [6.07, 6.45) is -1.12. The van der Waals surface area contributed by atoms with E-state index in [1.165, 1.54) is 30.3 Å². The minimum absolute atomic E-state index is 0.0727. The fourth-order valence-electron chi connectivity index (χ4n) is 3.32. The molecule has 0 saturated carbocycles. The Balaban J connectivity index is 1.54. The van der Waals surface area contributed by atoms with E-state index in [-0.39, 0.29) is 17.0 Å². The molecule has 2 N–H and O–H groups in total. The van der Waals surface area contributed by atoms with Gasteiger partial charge in [0.2, 0.25) is 0 Å². The van der Waals surface area contributed by atoms with E-state index in [1.54, 1.807) is 53.3 Å². The molecular weight excluding hydrogens is 524 g/mol. The summed E-state index contributed by atoms with van der Waals surface area (Å²) >= 11 is 0. The van der Waals surface area contributed by atoms with Crippen molar-refractivity contribution in [3.05, 3.63) is 78.1 Å². The monoisotopic (exact) mass is 541 g/mol. The van der Waals surface area contributed by atoms with Gasteiger partial charge in [-0.25, -0.2) is 4.98 Å². The number of rotatable bonds is 7. The molecule has 0 saturated heterocycles. The Hall–Kier alpha value is -4.00. The van der Waals surface area contributed by atoms with E-state index in [0.717, 1.165) is 0 Å². The molecule has 0 spiro atoms. The Morgan fingerprint density at radius 2 is 1.62 bits per heavy atom. The normalized spacial score (nSPS) is 12.8. The smallest absolute Gasteiger partial charge is 0.484 e. The maximum atomic E-state index is 12.8. The van der Waals surface area contributed by atoms with E-state index in [0.29, 0.717) is 28.0 Å². The maximum absolute atomic E-state index is 12.8. The van der Waals surface area contributed by atoms with Crippen molar-refractivity contribution in [1.82, 2.24) is 9.97 Å². The second-order valence-electron chi connectivity index (χ2n) is 7.76. The van der Waals surface area contributed by atoms with Crippen LogP contribution in [0.2, 0.25) is 0 Å². The van der Waals surface area contributed by atoms with Crippen LogP contribution in [0.15, 0.2) is 66.7 Å². The molecule has 0 unspecified atom stereocenters. The molecule has 0 aliphatic carbocycles. The standard InChI is InChI=1S/C24H17F6N3O3S/c25-23(26,27)14-36-17-9-5-15(6-10-17)7-12-22-31-20-11-8-16(13-21(20)32-22)18-3-1-2-4-19(18)33-37(34,35)24(28,29)30/h1-13,33H,14H2,(H,31,32)/b12-7+. The fraction of sp³-hybridized carbons (Fsp3) is 0.125. The van der Waals surface area contributed by atoms with Gasteiger partial charge >= 0.3 is 21.7 Å². The van der Waals surface area contributed by atoms with Gasteiger partial charge in [0.15, 0.2) is 6.61 Å². The van der Waals surface area contributed by atoms with Crippen molar-refractivity contribution in [2.45, 2.75) is 11.7 Å². The second-order valence-corrected chi connectivity index (χ2v) is 9.43. The Kier molecular flexibility index (Phi) is 6.91. The molecule has 0 atom stereocenters. The number of anilines is 1. The van der Waals surface area contributed by atoms with Gasteiger partial charge in [-0.05, 0) is 47.5 Å². The summed E-state index contributed by atoms with van der Waals surface area (Å²) in [7, 11) is -5.60. The summed E-state index contributed by atoms with van der Waals surface area (Å²) in [5, 5.41) is 0. The van der Waals surface area contributed by atoms with Gasteiger partial charge in [0.05, 0.1) is 16.7 Å². The topological polar surface area (TPSA) is 84.1 Å². The lowest BCUT2D eigenvalue weighted by atomic mass is 10.0. The number of hydrogen-bond donors (Lipinski definition) is 2. The summed E-state index contributed by atoms with van der Waals surface area (Å²) in [5.41, 5.74) is -3.26. The zero-order valence-corrected chi connectivity index (χ0v) is 19.4. The minimum Gasteiger partial charge on any atom is -0.484 e. The predicted molar refractivity (Wildman–Crippen MR) is 127 cm³/mol. The number of sulfonamides is 1. The SMILES string of the molecule is O=S(=O)(Nc1ccccc1-c1ccc2nc(/C=C/c3ccc(OCC(F)(F)F)cc3)[nH]c2c1)C(F)(F)F. The molecule has 0 bridgehead atoms. The number of fused-ring (bicyclic) bond motifs is 1. The lowest BCUT2D eigenvalue weighted by Gasteiger charge is -2.14. The van der Waals surface area contributed by atoms with Crippen molar-refractivity contribution in [1.29, 1.82) is 0 Å². The van der Waals surface area contributed by atoms with Crippen LogP contribution >= 0.6 is 0 Å². The third kappa shape index (κ3) is 6.42. The Bertz CT molecular complexity index is 1540. The second kappa shape index (κ2) is 9.81. The van der Waals surface area contributed by atoms with Crippen LogP contribution in [0, 0.1) is 0 Å². The van der Waals surface area contributed by atoms with Crippen molar-refractivity contribution < 1.29 is 39.5 Å². The van der Waals surface area contributed by atoms with Gasteiger partial charge in [-0.3, -0.25) is 4.72 Å². The van der Waals surface area contributed by atoms with Crippen molar-refractivity contribution in [2.24, 2.45) is 0 Å². The predicted octanol–water partition coefficient (Wildman–Crippen LogP) is 6.60. The van der Waals surface area contributed by atoms with Gasteiger partial charge in [-0.15, -0.1) is 0 Å². The van der Waals surface area contributed by atoms with E-state index in [2.05, 4.69) is 14.7 Å². The first-order valence-electron chi connectivity index (χ1n) is 10.5. The number of imidazole rings is 1. The number of alkyl halides is 6. The van der Waals surface area contributed by atoms with Gasteiger partial charge in [-0.1, -0.05) is 42.5 Å². The van der Waals surface area contributed by atoms with Crippen LogP contribution < -0.4 is 9.46 Å². The number of nitrogens with one attached hydrogen (secondary N) is 2. The number of ether oxygens (including phenoxy) is 1. The van der Waals surface area contributed by atoms with Crippen LogP contribution in [0.5, 0.6) is 5.75 Å². The van der Waals surface area contributed by atoms with E-state index in [4.69, 9.17) is 0 Å². The lowest BCUT2D eigenvalue weighted by molar-refractivity contribution is -0.153. The van der Waals surface area contributed by atoms with E-state index in [1.807, 2.05) is 0 Å². The van der Waals surface area contributed by atoms with Crippen molar-refractivity contribution in [3.8, 4) is 16.9 Å². The molecule has 0 amide bonds. The summed E-state index contributed by atoms with van der Waals surface area (Å²) in [6.45, 7) is -1.39. The summed E-state index contributed by atoms with van der Waals surface area (Å²) in [5.74, 6) is 0.513. The first-order chi connectivity index (χ1) is 17.3. The third-order valence-electron chi connectivity index (χ3n) is 5.00. The van der Waals surface area contributed by atoms with E-state index >= 15 is 0 Å². The molecule has 0 aliphatic rings. The summed E-state index contributed by atoms with van der Waals surface area (Å²) < 4.78 is 105. The minimum atomic E-state index is -5.60. The molecule has 13 heteroatoms. The largest absolute Gasteiger partial charge is 0.516 e. The molecule has 0 radical (unpaired) electrons.